The second-order valence-corrected chi connectivity index (χ2v) is 8.54. The summed E-state index contributed by atoms with van der Waals surface area (Å²) in [5.74, 6) is -1.84. The van der Waals surface area contributed by atoms with E-state index in [0.29, 0.717) is 6.42 Å². The molecule has 6 nitrogen and oxygen atoms in total. The molecule has 0 aliphatic heterocycles. The molecular formula is C25H42O6. The molecule has 0 N–H and O–H groups in total. The molecule has 4 atom stereocenters. The SMILES string of the molecule is CCCCCCCC1C=CC(CCCCCCC(=O)OC)C(C(=O)OC)C1C(=O)OC. The van der Waals surface area contributed by atoms with Crippen molar-refractivity contribution in [2.24, 2.45) is 23.7 Å². The molecule has 6 heteroatoms. The first-order valence-electron chi connectivity index (χ1n) is 11.9. The van der Waals surface area contributed by atoms with Crippen molar-refractivity contribution in [3.05, 3.63) is 12.2 Å². The van der Waals surface area contributed by atoms with Crippen LogP contribution >= 0.6 is 0 Å². The second kappa shape index (κ2) is 15.9. The fourth-order valence-electron chi connectivity index (χ4n) is 4.61. The molecule has 0 aromatic rings. The van der Waals surface area contributed by atoms with E-state index in [0.717, 1.165) is 51.4 Å². The predicted molar refractivity (Wildman–Crippen MR) is 120 cm³/mol. The first kappa shape index (κ1) is 27.2. The fraction of sp³-hybridized carbons (Fsp3) is 0.800. The normalized spacial score (nSPS) is 22.7. The van der Waals surface area contributed by atoms with E-state index in [1.54, 1.807) is 0 Å². The number of ether oxygens (including phenoxy) is 3. The topological polar surface area (TPSA) is 78.9 Å². The zero-order chi connectivity index (χ0) is 23.1. The van der Waals surface area contributed by atoms with Crippen molar-refractivity contribution in [2.75, 3.05) is 21.3 Å². The van der Waals surface area contributed by atoms with E-state index in [1.165, 1.54) is 40.6 Å². The van der Waals surface area contributed by atoms with Gasteiger partial charge in [0, 0.05) is 6.42 Å². The Morgan fingerprint density at radius 1 is 0.645 bits per heavy atom. The van der Waals surface area contributed by atoms with Gasteiger partial charge in [-0.3, -0.25) is 14.4 Å². The van der Waals surface area contributed by atoms with Crippen LogP contribution in [-0.2, 0) is 28.6 Å². The Hall–Kier alpha value is -1.85. The Morgan fingerprint density at radius 2 is 1.10 bits per heavy atom. The maximum atomic E-state index is 12.7. The molecule has 0 saturated heterocycles. The van der Waals surface area contributed by atoms with Crippen LogP contribution in [0.2, 0.25) is 0 Å². The second-order valence-electron chi connectivity index (χ2n) is 8.54. The van der Waals surface area contributed by atoms with Gasteiger partial charge in [0.1, 0.15) is 0 Å². The molecule has 0 bridgehead atoms. The van der Waals surface area contributed by atoms with Crippen LogP contribution in [0.25, 0.3) is 0 Å². The highest BCUT2D eigenvalue weighted by atomic mass is 16.5. The number of hydrogen-bond donors (Lipinski definition) is 0. The third kappa shape index (κ3) is 9.44. The lowest BCUT2D eigenvalue weighted by Crippen LogP contribution is -2.42. The average Bonchev–Trinajstić information content (AvgIpc) is 2.79. The number of rotatable bonds is 15. The van der Waals surface area contributed by atoms with Crippen LogP contribution in [0.5, 0.6) is 0 Å². The monoisotopic (exact) mass is 438 g/mol. The maximum Gasteiger partial charge on any atom is 0.310 e. The largest absolute Gasteiger partial charge is 0.469 e. The number of methoxy groups -OCH3 is 3. The van der Waals surface area contributed by atoms with Crippen molar-refractivity contribution in [2.45, 2.75) is 84.0 Å². The molecule has 31 heavy (non-hydrogen) atoms. The van der Waals surface area contributed by atoms with Crippen molar-refractivity contribution in [1.82, 2.24) is 0 Å². The molecule has 1 aliphatic rings. The van der Waals surface area contributed by atoms with Crippen LogP contribution in [0.1, 0.15) is 84.0 Å². The van der Waals surface area contributed by atoms with E-state index in [-0.39, 0.29) is 29.7 Å². The van der Waals surface area contributed by atoms with Crippen molar-refractivity contribution in [3.63, 3.8) is 0 Å². The smallest absolute Gasteiger partial charge is 0.310 e. The summed E-state index contributed by atoms with van der Waals surface area (Å²) in [5.41, 5.74) is 0. The molecule has 0 aromatic heterocycles. The van der Waals surface area contributed by atoms with Gasteiger partial charge >= 0.3 is 17.9 Å². The lowest BCUT2D eigenvalue weighted by molar-refractivity contribution is -0.162. The Kier molecular flexibility index (Phi) is 13.9. The number of esters is 3. The van der Waals surface area contributed by atoms with Crippen molar-refractivity contribution < 1.29 is 28.6 Å². The maximum absolute atomic E-state index is 12.7. The number of carbonyl (C=O) groups is 3. The molecule has 0 aromatic carbocycles. The van der Waals surface area contributed by atoms with E-state index >= 15 is 0 Å². The summed E-state index contributed by atoms with van der Waals surface area (Å²) in [6.07, 6.45) is 15.8. The minimum absolute atomic E-state index is 0.00878. The van der Waals surface area contributed by atoms with E-state index in [1.807, 2.05) is 0 Å². The molecule has 1 rings (SSSR count). The molecule has 0 heterocycles. The molecule has 0 spiro atoms. The van der Waals surface area contributed by atoms with Crippen molar-refractivity contribution in [1.29, 1.82) is 0 Å². The van der Waals surface area contributed by atoms with Crippen LogP contribution in [0.15, 0.2) is 12.2 Å². The molecule has 0 fully saturated rings. The minimum Gasteiger partial charge on any atom is -0.469 e. The van der Waals surface area contributed by atoms with Gasteiger partial charge in [-0.25, -0.2) is 0 Å². The molecule has 0 amide bonds. The number of unbranched alkanes of at least 4 members (excludes halogenated alkanes) is 7. The van der Waals surface area contributed by atoms with Crippen LogP contribution in [0, 0.1) is 23.7 Å². The zero-order valence-electron chi connectivity index (χ0n) is 19.9. The standard InChI is InChI=1S/C25H42O6/c1-5-6-7-8-11-14-19-17-18-20(15-12-9-10-13-16-21(26)29-2)23(25(28)31-4)22(19)24(27)30-3/h17-20,22-23H,5-16H2,1-4H3. The Bertz CT molecular complexity index is 570. The highest BCUT2D eigenvalue weighted by Crippen LogP contribution is 2.40. The number of allylic oxidation sites excluding steroid dienone is 2. The summed E-state index contributed by atoms with van der Waals surface area (Å²) in [7, 11) is 4.18. The van der Waals surface area contributed by atoms with E-state index in [9.17, 15) is 14.4 Å². The van der Waals surface area contributed by atoms with Gasteiger partial charge in [0.25, 0.3) is 0 Å². The summed E-state index contributed by atoms with van der Waals surface area (Å²) >= 11 is 0. The van der Waals surface area contributed by atoms with Gasteiger partial charge in [0.15, 0.2) is 0 Å². The van der Waals surface area contributed by atoms with Gasteiger partial charge in [-0.15, -0.1) is 0 Å². The molecule has 0 saturated carbocycles. The van der Waals surface area contributed by atoms with Gasteiger partial charge in [0.2, 0.25) is 0 Å². The fourth-order valence-corrected chi connectivity index (χ4v) is 4.61. The first-order valence-corrected chi connectivity index (χ1v) is 11.9. The van der Waals surface area contributed by atoms with Gasteiger partial charge < -0.3 is 14.2 Å². The van der Waals surface area contributed by atoms with Gasteiger partial charge in [0.05, 0.1) is 33.2 Å². The summed E-state index contributed by atoms with van der Waals surface area (Å²) < 4.78 is 14.9. The van der Waals surface area contributed by atoms with Crippen molar-refractivity contribution in [3.8, 4) is 0 Å². The van der Waals surface area contributed by atoms with Crippen molar-refractivity contribution >= 4 is 17.9 Å². The zero-order valence-corrected chi connectivity index (χ0v) is 19.9. The van der Waals surface area contributed by atoms with Gasteiger partial charge in [-0.2, -0.15) is 0 Å². The molecule has 0 radical (unpaired) electrons. The van der Waals surface area contributed by atoms with Crippen LogP contribution in [0.4, 0.5) is 0 Å². The summed E-state index contributed by atoms with van der Waals surface area (Å²) in [6, 6.07) is 0. The summed E-state index contributed by atoms with van der Waals surface area (Å²) in [6.45, 7) is 2.19. The minimum atomic E-state index is -0.502. The molecule has 1 aliphatic carbocycles. The third-order valence-electron chi connectivity index (χ3n) is 6.40. The molecule has 178 valence electrons. The quantitative estimate of drug-likeness (QED) is 0.151. The number of carbonyl (C=O) groups excluding carboxylic acids is 3. The first-order chi connectivity index (χ1) is 15.0. The third-order valence-corrected chi connectivity index (χ3v) is 6.40. The molecule has 4 unspecified atom stereocenters. The van der Waals surface area contributed by atoms with Crippen LogP contribution in [0.3, 0.4) is 0 Å². The van der Waals surface area contributed by atoms with Crippen LogP contribution < -0.4 is 0 Å². The Balaban J connectivity index is 2.74. The Labute approximate surface area is 188 Å². The highest BCUT2D eigenvalue weighted by molar-refractivity contribution is 5.83. The van der Waals surface area contributed by atoms with E-state index in [4.69, 9.17) is 9.47 Å². The summed E-state index contributed by atoms with van der Waals surface area (Å²) in [4.78, 5) is 36.6. The highest BCUT2D eigenvalue weighted by Gasteiger charge is 2.45. The summed E-state index contributed by atoms with van der Waals surface area (Å²) in [5, 5.41) is 0. The van der Waals surface area contributed by atoms with E-state index < -0.39 is 11.8 Å². The van der Waals surface area contributed by atoms with E-state index in [2.05, 4.69) is 23.8 Å². The lowest BCUT2D eigenvalue weighted by Gasteiger charge is -2.36. The predicted octanol–water partition coefficient (Wildman–Crippen LogP) is 5.24. The number of hydrogen-bond acceptors (Lipinski definition) is 6. The van der Waals surface area contributed by atoms with Crippen LogP contribution in [-0.4, -0.2) is 39.2 Å². The average molecular weight is 439 g/mol. The molecular weight excluding hydrogens is 396 g/mol. The van der Waals surface area contributed by atoms with Gasteiger partial charge in [-0.05, 0) is 31.1 Å². The Morgan fingerprint density at radius 3 is 1.52 bits per heavy atom. The lowest BCUT2D eigenvalue weighted by atomic mass is 9.67. The van der Waals surface area contributed by atoms with Gasteiger partial charge in [-0.1, -0.05) is 70.4 Å².